The van der Waals surface area contributed by atoms with Crippen molar-refractivity contribution in [1.82, 2.24) is 0 Å². The van der Waals surface area contributed by atoms with Crippen LogP contribution in [-0.4, -0.2) is 22.2 Å². The molecule has 0 amide bonds. The van der Waals surface area contributed by atoms with E-state index in [1.807, 2.05) is 36.4 Å². The van der Waals surface area contributed by atoms with Crippen molar-refractivity contribution >= 4 is 18.0 Å². The van der Waals surface area contributed by atoms with Crippen LogP contribution in [0.5, 0.6) is 0 Å². The largest absolute Gasteiger partial charge is 0.478 e. The minimum Gasteiger partial charge on any atom is -0.478 e. The molecule has 0 aliphatic carbocycles. The van der Waals surface area contributed by atoms with Crippen molar-refractivity contribution in [1.29, 1.82) is 0 Å². The quantitative estimate of drug-likeness (QED) is 0.544. The average Bonchev–Trinajstić information content (AvgIpc) is 2.66. The van der Waals surface area contributed by atoms with E-state index in [1.165, 1.54) is 18.4 Å². The molecule has 0 saturated heterocycles. The third-order valence-corrected chi connectivity index (χ3v) is 3.59. The first-order valence-electron chi connectivity index (χ1n) is 8.76. The van der Waals surface area contributed by atoms with Crippen LogP contribution >= 0.6 is 0 Å². The molecule has 0 aliphatic heterocycles. The van der Waals surface area contributed by atoms with Gasteiger partial charge < -0.3 is 10.2 Å². The number of rotatable bonds is 9. The standard InChI is InChI=1S/C11H20O2.C8H8.C3H4O2/c1-4-6-7-10(5-2)8-9(3)11(12)13;1-2-8-6-4-3-5-7-8;1-2-3(4)5/h10H,3-8H2,1-2H3,(H,12,13);2-7H,1H2;2H,1H2,(H,4,5)/t10-;;/m1../s1. The highest BCUT2D eigenvalue weighted by atomic mass is 16.4. The lowest BCUT2D eigenvalue weighted by Gasteiger charge is -2.13. The van der Waals surface area contributed by atoms with E-state index < -0.39 is 11.9 Å². The van der Waals surface area contributed by atoms with Gasteiger partial charge in [0.25, 0.3) is 0 Å². The molecule has 0 aromatic heterocycles. The molecule has 4 nitrogen and oxygen atoms in total. The summed E-state index contributed by atoms with van der Waals surface area (Å²) < 4.78 is 0. The van der Waals surface area contributed by atoms with Gasteiger partial charge in [-0.3, -0.25) is 0 Å². The van der Waals surface area contributed by atoms with E-state index in [-0.39, 0.29) is 0 Å². The Balaban J connectivity index is 0. The Morgan fingerprint density at radius 2 is 1.65 bits per heavy atom. The van der Waals surface area contributed by atoms with Crippen LogP contribution in [0.4, 0.5) is 0 Å². The Bertz CT molecular complexity index is 547. The molecule has 0 unspecified atom stereocenters. The van der Waals surface area contributed by atoms with Gasteiger partial charge in [0, 0.05) is 11.6 Å². The highest BCUT2D eigenvalue weighted by Crippen LogP contribution is 2.20. The fourth-order valence-electron chi connectivity index (χ4n) is 1.97. The van der Waals surface area contributed by atoms with Crippen molar-refractivity contribution < 1.29 is 19.8 Å². The molecule has 26 heavy (non-hydrogen) atoms. The molecular weight excluding hydrogens is 328 g/mol. The van der Waals surface area contributed by atoms with Gasteiger partial charge >= 0.3 is 11.9 Å². The summed E-state index contributed by atoms with van der Waals surface area (Å²) in [6.07, 6.45) is 7.85. The number of aliphatic carboxylic acids is 2. The average molecular weight is 360 g/mol. The summed E-state index contributed by atoms with van der Waals surface area (Å²) in [5, 5.41) is 16.3. The van der Waals surface area contributed by atoms with Crippen LogP contribution in [0.25, 0.3) is 6.08 Å². The lowest BCUT2D eigenvalue weighted by atomic mass is 9.92. The van der Waals surface area contributed by atoms with E-state index in [2.05, 4.69) is 33.6 Å². The summed E-state index contributed by atoms with van der Waals surface area (Å²) in [4.78, 5) is 19.8. The maximum Gasteiger partial charge on any atom is 0.330 e. The first kappa shape index (κ1) is 25.6. The molecule has 4 heteroatoms. The van der Waals surface area contributed by atoms with Crippen molar-refractivity contribution in [3.8, 4) is 0 Å². The molecule has 144 valence electrons. The second kappa shape index (κ2) is 17.2. The molecule has 0 aliphatic rings. The summed E-state index contributed by atoms with van der Waals surface area (Å²) >= 11 is 0. The first-order chi connectivity index (χ1) is 12.3. The van der Waals surface area contributed by atoms with E-state index >= 15 is 0 Å². The number of hydrogen-bond donors (Lipinski definition) is 2. The van der Waals surface area contributed by atoms with E-state index in [0.717, 1.165) is 18.9 Å². The van der Waals surface area contributed by atoms with E-state index in [1.54, 1.807) is 0 Å². The summed E-state index contributed by atoms with van der Waals surface area (Å²) in [7, 11) is 0. The lowest BCUT2D eigenvalue weighted by molar-refractivity contribution is -0.133. The lowest BCUT2D eigenvalue weighted by Crippen LogP contribution is -2.06. The van der Waals surface area contributed by atoms with Gasteiger partial charge in [-0.15, -0.1) is 0 Å². The van der Waals surface area contributed by atoms with E-state index in [4.69, 9.17) is 10.2 Å². The maximum absolute atomic E-state index is 10.5. The van der Waals surface area contributed by atoms with Gasteiger partial charge in [-0.2, -0.15) is 0 Å². The third kappa shape index (κ3) is 16.2. The number of carbonyl (C=O) groups is 2. The van der Waals surface area contributed by atoms with Crippen LogP contribution in [-0.2, 0) is 9.59 Å². The summed E-state index contributed by atoms with van der Waals surface area (Å²) in [5.74, 6) is -1.33. The van der Waals surface area contributed by atoms with Crippen molar-refractivity contribution in [3.05, 3.63) is 67.3 Å². The molecule has 1 atom stereocenters. The van der Waals surface area contributed by atoms with Gasteiger partial charge in [0.2, 0.25) is 0 Å². The van der Waals surface area contributed by atoms with Crippen LogP contribution in [0.15, 0.2) is 61.7 Å². The van der Waals surface area contributed by atoms with Gasteiger partial charge in [-0.1, -0.05) is 95.7 Å². The Hall–Kier alpha value is -2.62. The summed E-state index contributed by atoms with van der Waals surface area (Å²) in [5.41, 5.74) is 1.52. The second-order valence-corrected chi connectivity index (χ2v) is 5.69. The number of hydrogen-bond acceptors (Lipinski definition) is 2. The molecule has 0 spiro atoms. The fourth-order valence-corrected chi connectivity index (χ4v) is 1.97. The predicted molar refractivity (Wildman–Crippen MR) is 109 cm³/mol. The molecule has 0 radical (unpaired) electrons. The number of carboxylic acids is 2. The van der Waals surface area contributed by atoms with Crippen LogP contribution in [0.3, 0.4) is 0 Å². The Kier molecular flexibility index (Phi) is 17.0. The van der Waals surface area contributed by atoms with Gasteiger partial charge in [-0.25, -0.2) is 9.59 Å². The number of unbranched alkanes of at least 4 members (excludes halogenated alkanes) is 1. The molecule has 0 heterocycles. The SMILES string of the molecule is C=C(C[C@H](CC)CCCC)C(=O)O.C=CC(=O)O.C=Cc1ccccc1. The van der Waals surface area contributed by atoms with Crippen molar-refractivity contribution in [2.24, 2.45) is 5.92 Å². The smallest absolute Gasteiger partial charge is 0.330 e. The zero-order valence-electron chi connectivity index (χ0n) is 16.0. The van der Waals surface area contributed by atoms with Gasteiger partial charge in [-0.05, 0) is 17.9 Å². The van der Waals surface area contributed by atoms with Crippen molar-refractivity contribution in [2.75, 3.05) is 0 Å². The molecule has 0 saturated carbocycles. The number of carboxylic acid groups (broad SMARTS) is 2. The molecule has 1 aromatic rings. The predicted octanol–water partition coefficient (Wildman–Crippen LogP) is 5.82. The normalized spacial score (nSPS) is 10.1. The summed E-state index contributed by atoms with van der Waals surface area (Å²) in [6, 6.07) is 10.0. The Morgan fingerprint density at radius 3 is 1.96 bits per heavy atom. The topological polar surface area (TPSA) is 74.6 Å². The number of benzene rings is 1. The highest BCUT2D eigenvalue weighted by Gasteiger charge is 2.11. The molecule has 0 bridgehead atoms. The molecule has 1 rings (SSSR count). The van der Waals surface area contributed by atoms with Gasteiger partial charge in [0.1, 0.15) is 0 Å². The summed E-state index contributed by atoms with van der Waals surface area (Å²) in [6.45, 7) is 14.4. The Labute approximate surface area is 157 Å². The second-order valence-electron chi connectivity index (χ2n) is 5.69. The fraction of sp³-hybridized carbons (Fsp3) is 0.364. The molecule has 1 aromatic carbocycles. The molecule has 2 N–H and O–H groups in total. The van der Waals surface area contributed by atoms with Gasteiger partial charge in [0.15, 0.2) is 0 Å². The van der Waals surface area contributed by atoms with Crippen molar-refractivity contribution in [3.63, 3.8) is 0 Å². The van der Waals surface area contributed by atoms with Crippen LogP contribution < -0.4 is 0 Å². The van der Waals surface area contributed by atoms with Crippen LogP contribution in [0, 0.1) is 5.92 Å². The van der Waals surface area contributed by atoms with Crippen LogP contribution in [0.1, 0.15) is 51.5 Å². The minimum absolute atomic E-state index is 0.350. The highest BCUT2D eigenvalue weighted by molar-refractivity contribution is 5.85. The van der Waals surface area contributed by atoms with Crippen LogP contribution in [0.2, 0.25) is 0 Å². The Morgan fingerprint density at radius 1 is 1.12 bits per heavy atom. The first-order valence-corrected chi connectivity index (χ1v) is 8.76. The van der Waals surface area contributed by atoms with E-state index in [9.17, 15) is 9.59 Å². The van der Waals surface area contributed by atoms with Gasteiger partial charge in [0.05, 0.1) is 0 Å². The monoisotopic (exact) mass is 360 g/mol. The molecule has 0 fully saturated rings. The molecular formula is C22H32O4. The van der Waals surface area contributed by atoms with E-state index in [0.29, 0.717) is 17.9 Å². The third-order valence-electron chi connectivity index (χ3n) is 3.59. The van der Waals surface area contributed by atoms with Crippen molar-refractivity contribution in [2.45, 2.75) is 46.0 Å². The maximum atomic E-state index is 10.5. The zero-order valence-corrected chi connectivity index (χ0v) is 16.0. The minimum atomic E-state index is -0.981. The zero-order chi connectivity index (χ0) is 20.4.